The largest absolute Gasteiger partial charge is 0.497 e. The Labute approximate surface area is 140 Å². The quantitative estimate of drug-likeness (QED) is 0.781. The lowest BCUT2D eigenvalue weighted by Gasteiger charge is -2.14. The molecule has 1 heterocycles. The van der Waals surface area contributed by atoms with Gasteiger partial charge in [-0.2, -0.15) is 5.26 Å². The average Bonchev–Trinajstić information content (AvgIpc) is 2.61. The molecule has 0 aliphatic carbocycles. The van der Waals surface area contributed by atoms with Crippen molar-refractivity contribution in [2.24, 2.45) is 0 Å². The smallest absolute Gasteiger partial charge is 0.124 e. The molecule has 0 aliphatic rings. The molecule has 24 heavy (non-hydrogen) atoms. The zero-order valence-electron chi connectivity index (χ0n) is 13.8. The number of methoxy groups -OCH3 is 2. The van der Waals surface area contributed by atoms with Crippen molar-refractivity contribution in [3.8, 4) is 17.6 Å². The summed E-state index contributed by atoms with van der Waals surface area (Å²) < 4.78 is 10.6. The monoisotopic (exact) mass is 319 g/mol. The first-order valence-corrected chi connectivity index (χ1v) is 7.44. The average molecular weight is 319 g/mol. The summed E-state index contributed by atoms with van der Waals surface area (Å²) in [6, 6.07) is 13.7. The number of aryl methyl sites for hydroxylation is 1. The molecule has 0 spiro atoms. The van der Waals surface area contributed by atoms with E-state index in [1.165, 1.54) is 0 Å². The molecule has 3 rings (SSSR count). The number of anilines is 2. The van der Waals surface area contributed by atoms with Gasteiger partial charge in [0, 0.05) is 35.5 Å². The van der Waals surface area contributed by atoms with E-state index in [0.29, 0.717) is 17.1 Å². The molecule has 0 amide bonds. The standard InChI is InChI=1S/C19H17N3O2/c1-12-4-5-18-17(6-12)19(13(10-20)11-21-18)22-14-7-15(23-2)9-16(8-14)24-3/h4-9,11H,1-3H3,(H,21,22). The van der Waals surface area contributed by atoms with Crippen LogP contribution in [-0.2, 0) is 0 Å². The van der Waals surface area contributed by atoms with Crippen LogP contribution in [0.2, 0.25) is 0 Å². The zero-order valence-corrected chi connectivity index (χ0v) is 13.8. The van der Waals surface area contributed by atoms with Crippen LogP contribution in [0.5, 0.6) is 11.5 Å². The topological polar surface area (TPSA) is 67.2 Å². The van der Waals surface area contributed by atoms with Gasteiger partial charge in [-0.1, -0.05) is 11.6 Å². The summed E-state index contributed by atoms with van der Waals surface area (Å²) in [7, 11) is 3.20. The molecule has 0 atom stereocenters. The van der Waals surface area contributed by atoms with Crippen LogP contribution < -0.4 is 14.8 Å². The lowest BCUT2D eigenvalue weighted by molar-refractivity contribution is 0.395. The van der Waals surface area contributed by atoms with Crippen molar-refractivity contribution in [1.82, 2.24) is 4.98 Å². The summed E-state index contributed by atoms with van der Waals surface area (Å²) in [4.78, 5) is 4.35. The molecule has 2 aromatic carbocycles. The Morgan fingerprint density at radius 2 is 1.75 bits per heavy atom. The van der Waals surface area contributed by atoms with Crippen molar-refractivity contribution in [1.29, 1.82) is 5.26 Å². The molecule has 0 radical (unpaired) electrons. The van der Waals surface area contributed by atoms with Crippen LogP contribution in [0.4, 0.5) is 11.4 Å². The fourth-order valence-electron chi connectivity index (χ4n) is 2.55. The number of aromatic nitrogens is 1. The van der Waals surface area contributed by atoms with E-state index in [4.69, 9.17) is 9.47 Å². The number of nitrogens with one attached hydrogen (secondary N) is 1. The number of ether oxygens (including phenoxy) is 2. The highest BCUT2D eigenvalue weighted by Crippen LogP contribution is 2.32. The van der Waals surface area contributed by atoms with Crippen LogP contribution in [0.25, 0.3) is 10.9 Å². The summed E-state index contributed by atoms with van der Waals surface area (Å²) in [6.07, 6.45) is 1.58. The first kappa shape index (κ1) is 15.6. The van der Waals surface area contributed by atoms with Crippen LogP contribution in [0, 0.1) is 18.3 Å². The summed E-state index contributed by atoms with van der Waals surface area (Å²) in [5.74, 6) is 1.34. The molecule has 0 bridgehead atoms. The molecule has 5 heteroatoms. The molecule has 0 aliphatic heterocycles. The summed E-state index contributed by atoms with van der Waals surface area (Å²) in [6.45, 7) is 2.01. The molecule has 3 aromatic rings. The molecule has 120 valence electrons. The van der Waals surface area contributed by atoms with Crippen molar-refractivity contribution in [3.63, 3.8) is 0 Å². The molecule has 0 saturated carbocycles. The van der Waals surface area contributed by atoms with Gasteiger partial charge < -0.3 is 14.8 Å². The lowest BCUT2D eigenvalue weighted by Crippen LogP contribution is -1.98. The summed E-state index contributed by atoms with van der Waals surface area (Å²) >= 11 is 0. The van der Waals surface area contributed by atoms with Crippen LogP contribution in [0.3, 0.4) is 0 Å². The Bertz CT molecular complexity index is 923. The van der Waals surface area contributed by atoms with Crippen LogP contribution >= 0.6 is 0 Å². The number of rotatable bonds is 4. The third kappa shape index (κ3) is 2.95. The van der Waals surface area contributed by atoms with Crippen molar-refractivity contribution in [2.75, 3.05) is 19.5 Å². The van der Waals surface area contributed by atoms with E-state index in [-0.39, 0.29) is 0 Å². The highest BCUT2D eigenvalue weighted by Gasteiger charge is 2.11. The van der Waals surface area contributed by atoms with E-state index in [0.717, 1.165) is 27.8 Å². The summed E-state index contributed by atoms with van der Waals surface area (Å²) in [5.41, 5.74) is 3.91. The number of pyridine rings is 1. The number of nitriles is 1. The molecule has 1 N–H and O–H groups in total. The minimum atomic E-state index is 0.481. The van der Waals surface area contributed by atoms with Crippen LogP contribution in [-0.4, -0.2) is 19.2 Å². The predicted molar refractivity (Wildman–Crippen MR) is 94.0 cm³/mol. The molecule has 1 aromatic heterocycles. The summed E-state index contributed by atoms with van der Waals surface area (Å²) in [5, 5.41) is 13.7. The van der Waals surface area contributed by atoms with Crippen molar-refractivity contribution >= 4 is 22.3 Å². The zero-order chi connectivity index (χ0) is 17.1. The molecular weight excluding hydrogens is 302 g/mol. The second kappa shape index (κ2) is 6.47. The number of hydrogen-bond acceptors (Lipinski definition) is 5. The Morgan fingerprint density at radius 1 is 1.04 bits per heavy atom. The van der Waals surface area contributed by atoms with Crippen LogP contribution in [0.15, 0.2) is 42.6 Å². The minimum absolute atomic E-state index is 0.481. The van der Waals surface area contributed by atoms with Gasteiger partial charge in [-0.3, -0.25) is 4.98 Å². The maximum Gasteiger partial charge on any atom is 0.124 e. The van der Waals surface area contributed by atoms with Gasteiger partial charge in [-0.05, 0) is 19.1 Å². The number of hydrogen-bond donors (Lipinski definition) is 1. The van der Waals surface area contributed by atoms with E-state index in [1.807, 2.05) is 37.3 Å². The highest BCUT2D eigenvalue weighted by atomic mass is 16.5. The Morgan fingerprint density at radius 3 is 2.38 bits per heavy atom. The van der Waals surface area contributed by atoms with Gasteiger partial charge in [0.2, 0.25) is 0 Å². The fourth-order valence-corrected chi connectivity index (χ4v) is 2.55. The lowest BCUT2D eigenvalue weighted by atomic mass is 10.1. The number of fused-ring (bicyclic) bond motifs is 1. The van der Waals surface area contributed by atoms with Gasteiger partial charge in [-0.15, -0.1) is 0 Å². The Kier molecular flexibility index (Phi) is 4.21. The molecule has 0 fully saturated rings. The van der Waals surface area contributed by atoms with Gasteiger partial charge >= 0.3 is 0 Å². The first-order valence-electron chi connectivity index (χ1n) is 7.44. The van der Waals surface area contributed by atoms with Gasteiger partial charge in [0.15, 0.2) is 0 Å². The van der Waals surface area contributed by atoms with Crippen molar-refractivity contribution in [2.45, 2.75) is 6.92 Å². The van der Waals surface area contributed by atoms with E-state index in [1.54, 1.807) is 26.5 Å². The van der Waals surface area contributed by atoms with Gasteiger partial charge in [0.25, 0.3) is 0 Å². The predicted octanol–water partition coefficient (Wildman–Crippen LogP) is 4.18. The first-order chi connectivity index (χ1) is 11.6. The van der Waals surface area contributed by atoms with E-state index in [2.05, 4.69) is 16.4 Å². The SMILES string of the molecule is COc1cc(Nc2c(C#N)cnc3ccc(C)cc23)cc(OC)c1. The molecule has 0 saturated heterocycles. The molecular formula is C19H17N3O2. The maximum absolute atomic E-state index is 9.45. The molecule has 5 nitrogen and oxygen atoms in total. The second-order valence-corrected chi connectivity index (χ2v) is 5.41. The highest BCUT2D eigenvalue weighted by molar-refractivity contribution is 5.96. The van der Waals surface area contributed by atoms with Crippen molar-refractivity contribution < 1.29 is 9.47 Å². The van der Waals surface area contributed by atoms with E-state index < -0.39 is 0 Å². The van der Waals surface area contributed by atoms with Gasteiger partial charge in [0.05, 0.1) is 31.0 Å². The van der Waals surface area contributed by atoms with Gasteiger partial charge in [0.1, 0.15) is 17.6 Å². The third-order valence-corrected chi connectivity index (χ3v) is 3.76. The van der Waals surface area contributed by atoms with E-state index >= 15 is 0 Å². The van der Waals surface area contributed by atoms with E-state index in [9.17, 15) is 5.26 Å². The maximum atomic E-state index is 9.45. The fraction of sp³-hybridized carbons (Fsp3) is 0.158. The Hall–Kier alpha value is -3.26. The van der Waals surface area contributed by atoms with Gasteiger partial charge in [-0.25, -0.2) is 0 Å². The second-order valence-electron chi connectivity index (χ2n) is 5.41. The normalized spacial score (nSPS) is 10.2. The number of benzene rings is 2. The Balaban J connectivity index is 2.16. The minimum Gasteiger partial charge on any atom is -0.497 e. The van der Waals surface area contributed by atoms with Crippen molar-refractivity contribution in [3.05, 3.63) is 53.7 Å². The third-order valence-electron chi connectivity index (χ3n) is 3.76. The number of nitrogens with zero attached hydrogens (tertiary/aromatic N) is 2. The molecule has 0 unspecified atom stereocenters. The van der Waals surface area contributed by atoms with Crippen LogP contribution in [0.1, 0.15) is 11.1 Å².